The highest BCUT2D eigenvalue weighted by Crippen LogP contribution is 2.26. The van der Waals surface area contributed by atoms with Gasteiger partial charge in [0.25, 0.3) is 5.91 Å². The molecule has 3 heterocycles. The molecule has 1 atom stereocenters. The molecule has 0 radical (unpaired) electrons. The highest BCUT2D eigenvalue weighted by molar-refractivity contribution is 5.97. The van der Waals surface area contributed by atoms with Crippen LogP contribution >= 0.6 is 0 Å². The van der Waals surface area contributed by atoms with Gasteiger partial charge in [-0.1, -0.05) is 6.07 Å². The summed E-state index contributed by atoms with van der Waals surface area (Å²) in [6.45, 7) is 2.79. The van der Waals surface area contributed by atoms with E-state index in [0.717, 1.165) is 63.3 Å². The number of nitrogens with zero attached hydrogens (tertiary/aromatic N) is 3. The van der Waals surface area contributed by atoms with Gasteiger partial charge in [0.05, 0.1) is 5.56 Å². The molecule has 1 aliphatic heterocycles. The van der Waals surface area contributed by atoms with Crippen molar-refractivity contribution in [1.29, 1.82) is 0 Å². The minimum atomic E-state index is -0.409. The molecular weight excluding hydrogens is 326 g/mol. The number of hydrogen-bond acceptors (Lipinski definition) is 5. The first-order valence-electron chi connectivity index (χ1n) is 9.43. The van der Waals surface area contributed by atoms with E-state index in [1.165, 1.54) is 5.56 Å². The molecule has 2 aromatic heterocycles. The third kappa shape index (κ3) is 3.49. The van der Waals surface area contributed by atoms with Crippen LogP contribution in [-0.4, -0.2) is 35.5 Å². The molecule has 6 nitrogen and oxygen atoms in total. The average molecular weight is 351 g/mol. The lowest BCUT2D eigenvalue weighted by Crippen LogP contribution is -2.38. The smallest absolute Gasteiger partial charge is 0.252 e. The highest BCUT2D eigenvalue weighted by atomic mass is 16.1. The Kier molecular flexibility index (Phi) is 4.73. The summed E-state index contributed by atoms with van der Waals surface area (Å²) >= 11 is 0. The molecule has 26 heavy (non-hydrogen) atoms. The van der Waals surface area contributed by atoms with E-state index in [0.29, 0.717) is 17.3 Å². The van der Waals surface area contributed by atoms with E-state index in [-0.39, 0.29) is 0 Å². The van der Waals surface area contributed by atoms with E-state index in [1.54, 1.807) is 0 Å². The predicted molar refractivity (Wildman–Crippen MR) is 102 cm³/mol. The Morgan fingerprint density at radius 3 is 3.04 bits per heavy atom. The molecule has 0 bridgehead atoms. The maximum atomic E-state index is 11.8. The largest absolute Gasteiger partial charge is 0.369 e. The third-order valence-electron chi connectivity index (χ3n) is 5.37. The van der Waals surface area contributed by atoms with E-state index in [2.05, 4.69) is 21.3 Å². The molecule has 3 N–H and O–H groups in total. The number of anilines is 2. The van der Waals surface area contributed by atoms with Crippen molar-refractivity contribution in [2.75, 3.05) is 29.9 Å². The maximum Gasteiger partial charge on any atom is 0.252 e. The first-order valence-corrected chi connectivity index (χ1v) is 9.43. The number of carbonyl (C=O) groups excluding carboxylic acids is 1. The fourth-order valence-electron chi connectivity index (χ4n) is 4.02. The van der Waals surface area contributed by atoms with Crippen molar-refractivity contribution in [3.63, 3.8) is 0 Å². The van der Waals surface area contributed by atoms with Crippen LogP contribution in [0, 0.1) is 5.92 Å². The summed E-state index contributed by atoms with van der Waals surface area (Å²) in [6.07, 6.45) is 7.22. The van der Waals surface area contributed by atoms with Gasteiger partial charge in [-0.05, 0) is 61.8 Å². The number of fused-ring (bicyclic) bond motifs is 1. The van der Waals surface area contributed by atoms with Crippen molar-refractivity contribution < 1.29 is 4.79 Å². The number of aryl methyl sites for hydroxylation is 2. The number of amides is 1. The zero-order valence-electron chi connectivity index (χ0n) is 14.9. The third-order valence-corrected chi connectivity index (χ3v) is 5.37. The van der Waals surface area contributed by atoms with Gasteiger partial charge in [-0.15, -0.1) is 0 Å². The van der Waals surface area contributed by atoms with Crippen LogP contribution in [0.4, 0.5) is 11.6 Å². The summed E-state index contributed by atoms with van der Waals surface area (Å²) in [5.74, 6) is 1.76. The molecular formula is C20H25N5O. The van der Waals surface area contributed by atoms with Crippen LogP contribution in [0.3, 0.4) is 0 Å². The van der Waals surface area contributed by atoms with Crippen molar-refractivity contribution >= 4 is 17.5 Å². The molecule has 1 saturated heterocycles. The van der Waals surface area contributed by atoms with Gasteiger partial charge in [-0.3, -0.25) is 4.79 Å². The Morgan fingerprint density at radius 1 is 1.31 bits per heavy atom. The van der Waals surface area contributed by atoms with E-state index in [1.807, 2.05) is 24.4 Å². The lowest BCUT2D eigenvalue weighted by molar-refractivity contribution is 0.100. The Morgan fingerprint density at radius 2 is 2.23 bits per heavy atom. The lowest BCUT2D eigenvalue weighted by Gasteiger charge is -2.33. The summed E-state index contributed by atoms with van der Waals surface area (Å²) in [4.78, 5) is 23.3. The van der Waals surface area contributed by atoms with Crippen molar-refractivity contribution in [3.05, 3.63) is 47.3 Å². The normalized spacial score (nSPS) is 19.2. The quantitative estimate of drug-likeness (QED) is 0.864. The van der Waals surface area contributed by atoms with Crippen LogP contribution in [0.2, 0.25) is 0 Å². The second-order valence-electron chi connectivity index (χ2n) is 7.23. The number of hydrogen-bond donors (Lipinski definition) is 2. The highest BCUT2D eigenvalue weighted by Gasteiger charge is 2.23. The van der Waals surface area contributed by atoms with Crippen LogP contribution in [0.1, 0.15) is 40.9 Å². The molecule has 0 aromatic carbocycles. The fourth-order valence-corrected chi connectivity index (χ4v) is 4.02. The van der Waals surface area contributed by atoms with Crippen LogP contribution in [0.15, 0.2) is 30.5 Å². The molecule has 6 heteroatoms. The average Bonchev–Trinajstić information content (AvgIpc) is 3.14. The Hall–Kier alpha value is -2.63. The molecule has 0 saturated carbocycles. The predicted octanol–water partition coefficient (Wildman–Crippen LogP) is 2.39. The molecule has 0 spiro atoms. The minimum Gasteiger partial charge on any atom is -0.369 e. The van der Waals surface area contributed by atoms with E-state index in [4.69, 9.17) is 10.7 Å². The topological polar surface area (TPSA) is 84.1 Å². The summed E-state index contributed by atoms with van der Waals surface area (Å²) in [5.41, 5.74) is 8.37. The SMILES string of the molecule is NC(=O)c1cc2c(nc1NCC1CCCN(c3ccccn3)C1)CCC2. The van der Waals surface area contributed by atoms with Crippen molar-refractivity contribution in [2.45, 2.75) is 32.1 Å². The number of aromatic nitrogens is 2. The van der Waals surface area contributed by atoms with Gasteiger partial charge in [-0.25, -0.2) is 9.97 Å². The molecule has 2 aromatic rings. The minimum absolute atomic E-state index is 0.409. The zero-order valence-corrected chi connectivity index (χ0v) is 14.9. The van der Waals surface area contributed by atoms with E-state index < -0.39 is 5.91 Å². The summed E-state index contributed by atoms with van der Waals surface area (Å²) in [5, 5.41) is 3.41. The van der Waals surface area contributed by atoms with Crippen LogP contribution < -0.4 is 16.0 Å². The number of piperidine rings is 1. The first kappa shape index (κ1) is 16.8. The molecule has 1 aliphatic carbocycles. The van der Waals surface area contributed by atoms with Gasteiger partial charge in [0, 0.05) is 31.5 Å². The molecule has 2 aliphatic rings. The number of nitrogens with one attached hydrogen (secondary N) is 1. The van der Waals surface area contributed by atoms with Gasteiger partial charge in [0.15, 0.2) is 0 Å². The number of carbonyl (C=O) groups is 1. The summed E-state index contributed by atoms with van der Waals surface area (Å²) in [6, 6.07) is 7.96. The molecule has 1 fully saturated rings. The van der Waals surface area contributed by atoms with Crippen molar-refractivity contribution in [2.24, 2.45) is 11.7 Å². The number of pyridine rings is 2. The van der Waals surface area contributed by atoms with Gasteiger partial charge in [-0.2, -0.15) is 0 Å². The van der Waals surface area contributed by atoms with Crippen molar-refractivity contribution in [1.82, 2.24) is 9.97 Å². The summed E-state index contributed by atoms with van der Waals surface area (Å²) in [7, 11) is 0. The van der Waals surface area contributed by atoms with Crippen LogP contribution in [0.25, 0.3) is 0 Å². The Bertz CT molecular complexity index is 792. The van der Waals surface area contributed by atoms with Gasteiger partial charge in [0.1, 0.15) is 11.6 Å². The zero-order chi connectivity index (χ0) is 17.9. The van der Waals surface area contributed by atoms with Crippen LogP contribution in [0.5, 0.6) is 0 Å². The van der Waals surface area contributed by atoms with Crippen LogP contribution in [-0.2, 0) is 12.8 Å². The maximum absolute atomic E-state index is 11.8. The van der Waals surface area contributed by atoms with Gasteiger partial charge in [0.2, 0.25) is 0 Å². The second-order valence-corrected chi connectivity index (χ2v) is 7.23. The standard InChI is InChI=1S/C20H25N5O/c21-19(26)16-11-15-6-3-7-17(15)24-20(16)23-12-14-5-4-10-25(13-14)18-8-1-2-9-22-18/h1-2,8-9,11,14H,3-7,10,12-13H2,(H2,21,26)(H,23,24). The van der Waals surface area contributed by atoms with Gasteiger partial charge < -0.3 is 16.0 Å². The second kappa shape index (κ2) is 7.32. The molecule has 1 unspecified atom stereocenters. The monoisotopic (exact) mass is 351 g/mol. The first-order chi connectivity index (χ1) is 12.7. The van der Waals surface area contributed by atoms with E-state index in [9.17, 15) is 4.79 Å². The van der Waals surface area contributed by atoms with Crippen molar-refractivity contribution in [3.8, 4) is 0 Å². The Labute approximate surface area is 153 Å². The number of rotatable bonds is 5. The molecule has 4 rings (SSSR count). The molecule has 136 valence electrons. The molecule has 1 amide bonds. The number of nitrogens with two attached hydrogens (primary N) is 1. The lowest BCUT2D eigenvalue weighted by atomic mass is 9.98. The van der Waals surface area contributed by atoms with E-state index >= 15 is 0 Å². The van der Waals surface area contributed by atoms with Gasteiger partial charge >= 0.3 is 0 Å². The fraction of sp³-hybridized carbons (Fsp3) is 0.450. The number of primary amides is 1. The Balaban J connectivity index is 1.45. The summed E-state index contributed by atoms with van der Waals surface area (Å²) < 4.78 is 0.